The summed E-state index contributed by atoms with van der Waals surface area (Å²) in [5, 5.41) is 7.50. The van der Waals surface area contributed by atoms with E-state index in [9.17, 15) is 0 Å². The molecule has 11 rings (SSSR count). The van der Waals surface area contributed by atoms with Crippen molar-refractivity contribution in [2.45, 2.75) is 0 Å². The Balaban J connectivity index is 0.949. The minimum Gasteiger partial charge on any atom is -0.310 e. The van der Waals surface area contributed by atoms with Crippen molar-refractivity contribution in [3.63, 3.8) is 0 Å². The van der Waals surface area contributed by atoms with Gasteiger partial charge in [0.05, 0.1) is 0 Å². The molecule has 0 saturated carbocycles. The molecule has 0 aliphatic carbocycles. The van der Waals surface area contributed by atoms with Crippen LogP contribution in [0.1, 0.15) is 0 Å². The van der Waals surface area contributed by atoms with Gasteiger partial charge in [0.15, 0.2) is 0 Å². The number of hydrogen-bond acceptors (Lipinski definition) is 1. The fraction of sp³-hybridized carbons (Fsp3) is 0. The third-order valence-corrected chi connectivity index (χ3v) is 12.1. The van der Waals surface area contributed by atoms with Gasteiger partial charge in [-0.2, -0.15) is 0 Å². The molecule has 286 valence electrons. The van der Waals surface area contributed by atoms with E-state index in [0.29, 0.717) is 0 Å². The van der Waals surface area contributed by atoms with Gasteiger partial charge >= 0.3 is 0 Å². The highest BCUT2D eigenvalue weighted by atomic mass is 15.1. The van der Waals surface area contributed by atoms with Gasteiger partial charge in [0, 0.05) is 17.1 Å². The van der Waals surface area contributed by atoms with Gasteiger partial charge in [-0.25, -0.2) is 0 Å². The molecule has 0 atom stereocenters. The van der Waals surface area contributed by atoms with Crippen LogP contribution in [0.15, 0.2) is 249 Å². The largest absolute Gasteiger partial charge is 0.310 e. The monoisotopic (exact) mass is 775 g/mol. The normalized spacial score (nSPS) is 11.3. The lowest BCUT2D eigenvalue weighted by Crippen LogP contribution is -2.09. The molecule has 0 radical (unpaired) electrons. The lowest BCUT2D eigenvalue weighted by molar-refractivity contribution is 1.29. The molecule has 0 unspecified atom stereocenters. The van der Waals surface area contributed by atoms with Crippen molar-refractivity contribution < 1.29 is 0 Å². The zero-order valence-electron chi connectivity index (χ0n) is 33.6. The van der Waals surface area contributed by atoms with Crippen molar-refractivity contribution >= 4 is 49.4 Å². The minimum atomic E-state index is 1.10. The highest BCUT2D eigenvalue weighted by Gasteiger charge is 2.16. The van der Waals surface area contributed by atoms with Gasteiger partial charge < -0.3 is 4.90 Å². The number of rotatable bonds is 8. The average Bonchev–Trinajstić information content (AvgIpc) is 3.34. The zero-order valence-corrected chi connectivity index (χ0v) is 33.6. The van der Waals surface area contributed by atoms with E-state index in [1.54, 1.807) is 0 Å². The molecule has 0 aromatic heterocycles. The first-order chi connectivity index (χ1) is 30.2. The van der Waals surface area contributed by atoms with Crippen molar-refractivity contribution in [1.29, 1.82) is 0 Å². The van der Waals surface area contributed by atoms with Crippen LogP contribution in [0, 0.1) is 0 Å². The van der Waals surface area contributed by atoms with Crippen molar-refractivity contribution in [2.75, 3.05) is 4.90 Å². The summed E-state index contributed by atoms with van der Waals surface area (Å²) in [5.74, 6) is 0. The predicted molar refractivity (Wildman–Crippen MR) is 261 cm³/mol. The summed E-state index contributed by atoms with van der Waals surface area (Å²) in [7, 11) is 0. The number of hydrogen-bond donors (Lipinski definition) is 0. The van der Waals surface area contributed by atoms with Crippen LogP contribution in [0.2, 0.25) is 0 Å². The maximum absolute atomic E-state index is 2.37. The molecule has 0 fully saturated rings. The van der Waals surface area contributed by atoms with Crippen molar-refractivity contribution in [2.24, 2.45) is 0 Å². The third kappa shape index (κ3) is 7.03. The molecular weight excluding hydrogens is 735 g/mol. The number of benzene rings is 11. The van der Waals surface area contributed by atoms with E-state index in [1.807, 2.05) is 0 Å². The van der Waals surface area contributed by atoms with Crippen LogP contribution in [0.25, 0.3) is 88.0 Å². The molecule has 0 heterocycles. The van der Waals surface area contributed by atoms with Gasteiger partial charge in [0.25, 0.3) is 0 Å². The highest BCUT2D eigenvalue weighted by molar-refractivity contribution is 6.08. The van der Waals surface area contributed by atoms with Crippen LogP contribution >= 0.6 is 0 Å². The number of nitrogens with zero attached hydrogens (tertiary/aromatic N) is 1. The van der Waals surface area contributed by atoms with Crippen molar-refractivity contribution in [3.8, 4) is 55.6 Å². The number of anilines is 3. The van der Waals surface area contributed by atoms with Crippen LogP contribution in [0.5, 0.6) is 0 Å². The third-order valence-electron chi connectivity index (χ3n) is 12.1. The van der Waals surface area contributed by atoms with Crippen LogP contribution in [0.4, 0.5) is 17.1 Å². The molecule has 11 aromatic rings. The number of fused-ring (bicyclic) bond motifs is 4. The lowest BCUT2D eigenvalue weighted by atomic mass is 9.90. The second kappa shape index (κ2) is 15.6. The Bertz CT molecular complexity index is 3310. The molecular formula is C60H41N. The summed E-state index contributed by atoms with van der Waals surface area (Å²) in [6, 6.07) is 90.4. The fourth-order valence-electron chi connectivity index (χ4n) is 8.87. The fourth-order valence-corrected chi connectivity index (χ4v) is 8.87. The first-order valence-corrected chi connectivity index (χ1v) is 21.0. The summed E-state index contributed by atoms with van der Waals surface area (Å²) in [5.41, 5.74) is 15.4. The summed E-state index contributed by atoms with van der Waals surface area (Å²) in [6.07, 6.45) is 0. The molecule has 0 bridgehead atoms. The van der Waals surface area contributed by atoms with E-state index < -0.39 is 0 Å². The first-order valence-electron chi connectivity index (χ1n) is 21.0. The first kappa shape index (κ1) is 36.1. The smallest absolute Gasteiger partial charge is 0.0468 e. The lowest BCUT2D eigenvalue weighted by Gasteiger charge is -2.26. The van der Waals surface area contributed by atoms with Crippen LogP contribution in [-0.4, -0.2) is 0 Å². The quantitative estimate of drug-likeness (QED) is 0.139. The molecule has 1 nitrogen and oxygen atoms in total. The van der Waals surface area contributed by atoms with Gasteiger partial charge in [-0.15, -0.1) is 0 Å². The van der Waals surface area contributed by atoms with E-state index in [0.717, 1.165) is 17.1 Å². The minimum absolute atomic E-state index is 1.10. The predicted octanol–water partition coefficient (Wildman–Crippen LogP) is 17.0. The molecule has 11 aromatic carbocycles. The second-order valence-corrected chi connectivity index (χ2v) is 15.8. The molecule has 0 aliphatic heterocycles. The van der Waals surface area contributed by atoms with E-state index in [4.69, 9.17) is 0 Å². The Labute approximate surface area is 357 Å². The molecule has 0 spiro atoms. The molecule has 0 N–H and O–H groups in total. The summed E-state index contributed by atoms with van der Waals surface area (Å²) in [4.78, 5) is 2.37. The Morgan fingerprint density at radius 1 is 0.197 bits per heavy atom. The average molecular weight is 776 g/mol. The van der Waals surface area contributed by atoms with Gasteiger partial charge in [0.2, 0.25) is 0 Å². The van der Waals surface area contributed by atoms with Gasteiger partial charge in [0.1, 0.15) is 0 Å². The maximum atomic E-state index is 2.37. The van der Waals surface area contributed by atoms with Gasteiger partial charge in [-0.1, -0.05) is 200 Å². The van der Waals surface area contributed by atoms with E-state index in [-0.39, 0.29) is 0 Å². The Kier molecular flexibility index (Phi) is 9.26. The molecule has 0 saturated heterocycles. The molecule has 1 heteroatoms. The maximum Gasteiger partial charge on any atom is 0.0468 e. The van der Waals surface area contributed by atoms with E-state index in [2.05, 4.69) is 254 Å². The van der Waals surface area contributed by atoms with Crippen LogP contribution in [0.3, 0.4) is 0 Å². The van der Waals surface area contributed by atoms with Crippen molar-refractivity contribution in [1.82, 2.24) is 0 Å². The summed E-state index contributed by atoms with van der Waals surface area (Å²) < 4.78 is 0. The van der Waals surface area contributed by atoms with Crippen molar-refractivity contribution in [3.05, 3.63) is 249 Å². The van der Waals surface area contributed by atoms with Gasteiger partial charge in [-0.3, -0.25) is 0 Å². The van der Waals surface area contributed by atoms with Gasteiger partial charge in [-0.05, 0) is 136 Å². The zero-order chi connectivity index (χ0) is 40.5. The summed E-state index contributed by atoms with van der Waals surface area (Å²) >= 11 is 0. The molecule has 61 heavy (non-hydrogen) atoms. The highest BCUT2D eigenvalue weighted by Crippen LogP contribution is 2.41. The van der Waals surface area contributed by atoms with E-state index in [1.165, 1.54) is 88.0 Å². The second-order valence-electron chi connectivity index (χ2n) is 15.8. The topological polar surface area (TPSA) is 3.24 Å². The van der Waals surface area contributed by atoms with Crippen LogP contribution in [-0.2, 0) is 0 Å². The standard InChI is InChI=1S/C60H41N/c1-3-11-42(12-4-1)52-31-37-58(47-14-5-2-6-15-47)60(41-52)49-22-19-44(20-23-49)45-27-32-54(33-28-45)61(56-36-38-59-53(40-56)26-24-48-16-9-10-18-57(48)59)55-34-29-46(30-35-55)51-25-21-43-13-7-8-17-50(43)39-51/h1-41H. The Morgan fingerprint density at radius 2 is 0.623 bits per heavy atom. The van der Waals surface area contributed by atoms with E-state index >= 15 is 0 Å². The SMILES string of the molecule is c1ccc(-c2ccc(-c3ccccc3)c(-c3ccc(-c4ccc(N(c5ccc(-c6ccc7ccccc7c6)cc5)c5ccc6c(ccc7ccccc76)c5)cc4)cc3)c2)cc1. The van der Waals surface area contributed by atoms with Crippen LogP contribution < -0.4 is 4.90 Å². The molecule has 0 aliphatic rings. The Morgan fingerprint density at radius 3 is 1.33 bits per heavy atom. The Hall–Kier alpha value is -8.00. The summed E-state index contributed by atoms with van der Waals surface area (Å²) in [6.45, 7) is 0. The molecule has 0 amide bonds.